The predicted octanol–water partition coefficient (Wildman–Crippen LogP) is 4.04. The van der Waals surface area contributed by atoms with Crippen molar-refractivity contribution in [3.63, 3.8) is 0 Å². The van der Waals surface area contributed by atoms with Crippen molar-refractivity contribution in [3.05, 3.63) is 59.4 Å². The van der Waals surface area contributed by atoms with E-state index in [1.54, 1.807) is 26.4 Å². The van der Waals surface area contributed by atoms with Crippen LogP contribution in [0.15, 0.2) is 42.5 Å². The minimum atomic E-state index is -0.271. The third-order valence-corrected chi connectivity index (χ3v) is 4.11. The zero-order chi connectivity index (χ0) is 18.2. The molecule has 1 amide bonds. The third-order valence-electron chi connectivity index (χ3n) is 4.11. The molecule has 1 atom stereocenters. The Morgan fingerprint density at radius 2 is 1.76 bits per heavy atom. The fraction of sp³-hybridized carbons (Fsp3) is 0.350. The van der Waals surface area contributed by atoms with Gasteiger partial charge in [-0.1, -0.05) is 25.1 Å². The quantitative estimate of drug-likeness (QED) is 0.785. The normalized spacial score (nSPS) is 11.7. The number of hydrogen-bond donors (Lipinski definition) is 1. The van der Waals surface area contributed by atoms with Gasteiger partial charge in [0.15, 0.2) is 11.5 Å². The van der Waals surface area contributed by atoms with Gasteiger partial charge in [-0.05, 0) is 48.2 Å². The third kappa shape index (κ3) is 5.21. The zero-order valence-corrected chi connectivity index (χ0v) is 14.8. The second-order valence-electron chi connectivity index (χ2n) is 5.77. The Hall–Kier alpha value is -2.56. The second kappa shape index (κ2) is 9.06. The zero-order valence-electron chi connectivity index (χ0n) is 14.8. The van der Waals surface area contributed by atoms with E-state index < -0.39 is 0 Å². The SMILES string of the molecule is CC[C@@H](NC(=O)CCc1ccc(F)cc1)c1ccc(OC)c(OC)c1. The van der Waals surface area contributed by atoms with Crippen LogP contribution in [0.25, 0.3) is 0 Å². The van der Waals surface area contributed by atoms with Crippen molar-refractivity contribution in [2.45, 2.75) is 32.2 Å². The van der Waals surface area contributed by atoms with Crippen molar-refractivity contribution in [3.8, 4) is 11.5 Å². The van der Waals surface area contributed by atoms with E-state index in [4.69, 9.17) is 9.47 Å². The van der Waals surface area contributed by atoms with Gasteiger partial charge < -0.3 is 14.8 Å². The lowest BCUT2D eigenvalue weighted by Crippen LogP contribution is -2.28. The highest BCUT2D eigenvalue weighted by atomic mass is 19.1. The molecule has 0 bridgehead atoms. The Morgan fingerprint density at radius 3 is 2.36 bits per heavy atom. The van der Waals surface area contributed by atoms with E-state index in [1.165, 1.54) is 12.1 Å². The molecule has 134 valence electrons. The van der Waals surface area contributed by atoms with Crippen LogP contribution >= 0.6 is 0 Å². The summed E-state index contributed by atoms with van der Waals surface area (Å²) in [5.74, 6) is 0.987. The number of amides is 1. The van der Waals surface area contributed by atoms with Gasteiger partial charge >= 0.3 is 0 Å². The first-order valence-electron chi connectivity index (χ1n) is 8.33. The lowest BCUT2D eigenvalue weighted by molar-refractivity contribution is -0.121. The number of rotatable bonds is 8. The van der Waals surface area contributed by atoms with Crippen LogP contribution in [0.5, 0.6) is 11.5 Å². The first kappa shape index (κ1) is 18.8. The fourth-order valence-electron chi connectivity index (χ4n) is 2.67. The maximum absolute atomic E-state index is 12.9. The van der Waals surface area contributed by atoms with E-state index in [0.29, 0.717) is 24.3 Å². The van der Waals surface area contributed by atoms with Gasteiger partial charge in [0.25, 0.3) is 0 Å². The summed E-state index contributed by atoms with van der Waals surface area (Å²) < 4.78 is 23.5. The molecule has 0 saturated carbocycles. The fourth-order valence-corrected chi connectivity index (χ4v) is 2.67. The lowest BCUT2D eigenvalue weighted by Gasteiger charge is -2.19. The molecule has 0 radical (unpaired) electrons. The lowest BCUT2D eigenvalue weighted by atomic mass is 10.0. The number of hydrogen-bond acceptors (Lipinski definition) is 3. The van der Waals surface area contributed by atoms with Crippen LogP contribution in [0.3, 0.4) is 0 Å². The van der Waals surface area contributed by atoms with E-state index in [1.807, 2.05) is 25.1 Å². The largest absolute Gasteiger partial charge is 0.493 e. The van der Waals surface area contributed by atoms with Gasteiger partial charge in [0.1, 0.15) is 5.82 Å². The second-order valence-corrected chi connectivity index (χ2v) is 5.77. The molecule has 2 aromatic rings. The Labute approximate surface area is 148 Å². The standard InChI is InChI=1S/C20H24FNO3/c1-4-17(15-8-11-18(24-2)19(13-15)25-3)22-20(23)12-7-14-5-9-16(21)10-6-14/h5-6,8-11,13,17H,4,7,12H2,1-3H3,(H,22,23)/t17-/m1/s1. The van der Waals surface area contributed by atoms with Gasteiger partial charge in [-0.15, -0.1) is 0 Å². The Balaban J connectivity index is 1.98. The minimum absolute atomic E-state index is 0.0361. The average molecular weight is 345 g/mol. The van der Waals surface area contributed by atoms with Crippen molar-refractivity contribution in [2.24, 2.45) is 0 Å². The van der Waals surface area contributed by atoms with Crippen LogP contribution in [-0.4, -0.2) is 20.1 Å². The number of carbonyl (C=O) groups excluding carboxylic acids is 1. The van der Waals surface area contributed by atoms with Crippen LogP contribution < -0.4 is 14.8 Å². The molecular formula is C20H24FNO3. The van der Waals surface area contributed by atoms with E-state index in [9.17, 15) is 9.18 Å². The highest BCUT2D eigenvalue weighted by Gasteiger charge is 2.15. The van der Waals surface area contributed by atoms with Crippen molar-refractivity contribution in [1.29, 1.82) is 0 Å². The monoisotopic (exact) mass is 345 g/mol. The molecule has 2 aromatic carbocycles. The van der Waals surface area contributed by atoms with Crippen molar-refractivity contribution < 1.29 is 18.7 Å². The van der Waals surface area contributed by atoms with Gasteiger partial charge in [-0.2, -0.15) is 0 Å². The van der Waals surface area contributed by atoms with Crippen molar-refractivity contribution in [2.75, 3.05) is 14.2 Å². The van der Waals surface area contributed by atoms with E-state index in [0.717, 1.165) is 17.5 Å². The molecule has 0 aliphatic heterocycles. The van der Waals surface area contributed by atoms with Crippen LogP contribution in [0.4, 0.5) is 4.39 Å². The van der Waals surface area contributed by atoms with Crippen LogP contribution in [-0.2, 0) is 11.2 Å². The van der Waals surface area contributed by atoms with Crippen molar-refractivity contribution in [1.82, 2.24) is 5.32 Å². The summed E-state index contributed by atoms with van der Waals surface area (Å²) in [5, 5.41) is 3.04. The molecule has 0 aliphatic carbocycles. The summed E-state index contributed by atoms with van der Waals surface area (Å²) in [5.41, 5.74) is 1.91. The molecule has 4 nitrogen and oxygen atoms in total. The maximum atomic E-state index is 12.9. The molecule has 0 unspecified atom stereocenters. The summed E-state index contributed by atoms with van der Waals surface area (Å²) in [7, 11) is 3.18. The first-order chi connectivity index (χ1) is 12.1. The molecule has 25 heavy (non-hydrogen) atoms. The topological polar surface area (TPSA) is 47.6 Å². The Morgan fingerprint density at radius 1 is 1.08 bits per heavy atom. The van der Waals surface area contributed by atoms with Gasteiger partial charge in [0, 0.05) is 6.42 Å². The van der Waals surface area contributed by atoms with E-state index >= 15 is 0 Å². The number of aryl methyl sites for hydroxylation is 1. The molecule has 2 rings (SSSR count). The predicted molar refractivity (Wildman–Crippen MR) is 95.4 cm³/mol. The molecule has 0 fully saturated rings. The number of ether oxygens (including phenoxy) is 2. The number of benzene rings is 2. The molecular weight excluding hydrogens is 321 g/mol. The van der Waals surface area contributed by atoms with Crippen molar-refractivity contribution >= 4 is 5.91 Å². The summed E-state index contributed by atoms with van der Waals surface area (Å²) in [4.78, 5) is 12.3. The molecule has 5 heteroatoms. The van der Waals surface area contributed by atoms with Gasteiger partial charge in [0.2, 0.25) is 5.91 Å². The molecule has 0 heterocycles. The van der Waals surface area contributed by atoms with E-state index in [2.05, 4.69) is 5.32 Å². The summed E-state index contributed by atoms with van der Waals surface area (Å²) in [6.45, 7) is 2.02. The number of carbonyl (C=O) groups is 1. The van der Waals surface area contributed by atoms with E-state index in [-0.39, 0.29) is 17.8 Å². The first-order valence-corrected chi connectivity index (χ1v) is 8.33. The highest BCUT2D eigenvalue weighted by Crippen LogP contribution is 2.30. The average Bonchev–Trinajstić information content (AvgIpc) is 2.65. The highest BCUT2D eigenvalue weighted by molar-refractivity contribution is 5.76. The number of methoxy groups -OCH3 is 2. The van der Waals surface area contributed by atoms with Gasteiger partial charge in [-0.3, -0.25) is 4.79 Å². The maximum Gasteiger partial charge on any atom is 0.220 e. The number of halogens is 1. The van der Waals surface area contributed by atoms with Crippen LogP contribution in [0.1, 0.15) is 36.9 Å². The Kier molecular flexibility index (Phi) is 6.81. The summed E-state index contributed by atoms with van der Waals surface area (Å²) in [6.07, 6.45) is 1.70. The summed E-state index contributed by atoms with van der Waals surface area (Å²) in [6, 6.07) is 11.8. The smallest absolute Gasteiger partial charge is 0.220 e. The molecule has 0 aromatic heterocycles. The van der Waals surface area contributed by atoms with Gasteiger partial charge in [-0.25, -0.2) is 4.39 Å². The van der Waals surface area contributed by atoms with Crippen LogP contribution in [0, 0.1) is 5.82 Å². The minimum Gasteiger partial charge on any atom is -0.493 e. The van der Waals surface area contributed by atoms with Crippen LogP contribution in [0.2, 0.25) is 0 Å². The molecule has 0 saturated heterocycles. The number of nitrogens with one attached hydrogen (secondary N) is 1. The molecule has 0 aliphatic rings. The molecule has 0 spiro atoms. The summed E-state index contributed by atoms with van der Waals surface area (Å²) >= 11 is 0. The molecule has 1 N–H and O–H groups in total. The van der Waals surface area contributed by atoms with Gasteiger partial charge in [0.05, 0.1) is 20.3 Å². The Bertz CT molecular complexity index is 701.